The molecule has 32 heavy (non-hydrogen) atoms. The summed E-state index contributed by atoms with van der Waals surface area (Å²) in [7, 11) is 0. The summed E-state index contributed by atoms with van der Waals surface area (Å²) in [5, 5.41) is 11.2. The summed E-state index contributed by atoms with van der Waals surface area (Å²) in [5.74, 6) is -0.803. The molecule has 1 amide bonds. The molecule has 2 unspecified atom stereocenters. The Bertz CT molecular complexity index is 1040. The molecule has 2 saturated heterocycles. The molecule has 1 aromatic heterocycles. The van der Waals surface area contributed by atoms with Gasteiger partial charge in [-0.1, -0.05) is 0 Å². The smallest absolute Gasteiger partial charge is 0.295 e. The van der Waals surface area contributed by atoms with Crippen molar-refractivity contribution in [3.63, 3.8) is 0 Å². The fraction of sp³-hybridized carbons (Fsp3) is 0.400. The van der Waals surface area contributed by atoms with Crippen molar-refractivity contribution in [1.82, 2.24) is 9.88 Å². The van der Waals surface area contributed by atoms with E-state index >= 15 is 0 Å². The molecule has 4 rings (SSSR count). The Balaban J connectivity index is 1.77. The molecule has 2 aliphatic heterocycles. The second-order valence-corrected chi connectivity index (χ2v) is 8.51. The molecule has 7 heteroatoms. The zero-order valence-corrected chi connectivity index (χ0v) is 18.6. The zero-order chi connectivity index (χ0) is 22.8. The van der Waals surface area contributed by atoms with Crippen LogP contribution in [0.25, 0.3) is 5.76 Å². The molecule has 2 atom stereocenters. The second-order valence-electron chi connectivity index (χ2n) is 8.51. The first-order chi connectivity index (χ1) is 15.4. The number of carbonyl (C=O) groups excluding carboxylic acids is 2. The summed E-state index contributed by atoms with van der Waals surface area (Å²) in [6.45, 7) is 6.72. The number of aryl methyl sites for hydroxylation is 1. The summed E-state index contributed by atoms with van der Waals surface area (Å²) < 4.78 is 11.5. The number of amides is 1. The predicted molar refractivity (Wildman–Crippen MR) is 119 cm³/mol. The van der Waals surface area contributed by atoms with Gasteiger partial charge in [-0.15, -0.1) is 0 Å². The lowest BCUT2D eigenvalue weighted by molar-refractivity contribution is -0.140. The van der Waals surface area contributed by atoms with Crippen molar-refractivity contribution < 1.29 is 24.2 Å². The Kier molecular flexibility index (Phi) is 6.28. The van der Waals surface area contributed by atoms with E-state index in [1.807, 2.05) is 20.8 Å². The maximum absolute atomic E-state index is 13.1. The van der Waals surface area contributed by atoms with Crippen molar-refractivity contribution in [1.29, 1.82) is 0 Å². The van der Waals surface area contributed by atoms with E-state index in [4.69, 9.17) is 9.47 Å². The van der Waals surface area contributed by atoms with Crippen LogP contribution in [0.2, 0.25) is 0 Å². The Morgan fingerprint density at radius 1 is 1.25 bits per heavy atom. The monoisotopic (exact) mass is 436 g/mol. The van der Waals surface area contributed by atoms with Crippen LogP contribution in [0, 0.1) is 6.92 Å². The fourth-order valence-corrected chi connectivity index (χ4v) is 4.31. The number of hydrogen-bond donors (Lipinski definition) is 1. The Morgan fingerprint density at radius 2 is 2.00 bits per heavy atom. The van der Waals surface area contributed by atoms with Gasteiger partial charge >= 0.3 is 0 Å². The number of Topliss-reactive ketones (excluding diaryl/α,β-unsaturated/α-hetero) is 1. The molecule has 0 bridgehead atoms. The van der Waals surface area contributed by atoms with Crippen LogP contribution >= 0.6 is 0 Å². The van der Waals surface area contributed by atoms with Gasteiger partial charge in [-0.05, 0) is 75.1 Å². The van der Waals surface area contributed by atoms with Gasteiger partial charge in [0.15, 0.2) is 0 Å². The number of aliphatic hydroxyl groups is 1. The van der Waals surface area contributed by atoms with Gasteiger partial charge in [0, 0.05) is 31.1 Å². The van der Waals surface area contributed by atoms with Gasteiger partial charge < -0.3 is 19.5 Å². The number of hydrogen-bond acceptors (Lipinski definition) is 6. The average Bonchev–Trinajstić information content (AvgIpc) is 3.37. The zero-order valence-electron chi connectivity index (χ0n) is 18.6. The SMILES string of the molecule is Cc1cc(/C(O)=C2/C(=O)C(=O)N(CC3CCCO3)C2c2ccncc2)ccc1OC(C)C. The number of aliphatic hydroxyl groups excluding tert-OH is 1. The molecule has 0 saturated carbocycles. The van der Waals surface area contributed by atoms with E-state index in [0.29, 0.717) is 24.5 Å². The molecule has 0 radical (unpaired) electrons. The minimum atomic E-state index is -0.700. The van der Waals surface area contributed by atoms with E-state index in [1.165, 1.54) is 4.90 Å². The first-order valence-electron chi connectivity index (χ1n) is 10.9. The molecule has 2 aliphatic rings. The molecule has 7 nitrogen and oxygen atoms in total. The standard InChI is InChI=1S/C25H28N2O5/c1-15(2)32-20-7-6-18(13-16(20)3)23(28)21-22(17-8-10-26-11-9-17)27(25(30)24(21)29)14-19-5-4-12-31-19/h6-11,13,15,19,22,28H,4-5,12,14H2,1-3H3/b23-21-. The molecule has 2 fully saturated rings. The number of ether oxygens (including phenoxy) is 2. The van der Waals surface area contributed by atoms with Crippen LogP contribution in [0.4, 0.5) is 0 Å². The van der Waals surface area contributed by atoms with E-state index in [-0.39, 0.29) is 23.5 Å². The fourth-order valence-electron chi connectivity index (χ4n) is 4.31. The number of aromatic nitrogens is 1. The second kappa shape index (κ2) is 9.12. The quantitative estimate of drug-likeness (QED) is 0.421. The van der Waals surface area contributed by atoms with Crippen LogP contribution in [0.15, 0.2) is 48.3 Å². The lowest BCUT2D eigenvalue weighted by Crippen LogP contribution is -2.36. The van der Waals surface area contributed by atoms with Crippen LogP contribution in [-0.4, -0.2) is 52.0 Å². The van der Waals surface area contributed by atoms with E-state index in [2.05, 4.69) is 4.98 Å². The van der Waals surface area contributed by atoms with E-state index < -0.39 is 17.7 Å². The third-order valence-electron chi connectivity index (χ3n) is 5.80. The van der Waals surface area contributed by atoms with Crippen molar-refractivity contribution in [2.75, 3.05) is 13.2 Å². The highest BCUT2D eigenvalue weighted by Gasteiger charge is 2.47. The third-order valence-corrected chi connectivity index (χ3v) is 5.80. The van der Waals surface area contributed by atoms with Gasteiger partial charge in [-0.2, -0.15) is 0 Å². The van der Waals surface area contributed by atoms with Gasteiger partial charge in [0.2, 0.25) is 0 Å². The van der Waals surface area contributed by atoms with Gasteiger partial charge in [0.05, 0.1) is 23.8 Å². The lowest BCUT2D eigenvalue weighted by Gasteiger charge is -2.27. The first-order valence-corrected chi connectivity index (χ1v) is 10.9. The van der Waals surface area contributed by atoms with Gasteiger partial charge in [-0.25, -0.2) is 0 Å². The molecule has 0 aliphatic carbocycles. The summed E-state index contributed by atoms with van der Waals surface area (Å²) in [5.41, 5.74) is 2.09. The van der Waals surface area contributed by atoms with Crippen molar-refractivity contribution in [3.8, 4) is 5.75 Å². The summed E-state index contributed by atoms with van der Waals surface area (Å²) >= 11 is 0. The van der Waals surface area contributed by atoms with E-state index in [0.717, 1.165) is 24.0 Å². The minimum Gasteiger partial charge on any atom is -0.507 e. The van der Waals surface area contributed by atoms with Crippen molar-refractivity contribution in [3.05, 3.63) is 65.0 Å². The van der Waals surface area contributed by atoms with Crippen molar-refractivity contribution in [2.45, 2.75) is 51.9 Å². The summed E-state index contributed by atoms with van der Waals surface area (Å²) in [6.07, 6.45) is 4.89. The van der Waals surface area contributed by atoms with Gasteiger partial charge in [0.25, 0.3) is 11.7 Å². The highest BCUT2D eigenvalue weighted by Crippen LogP contribution is 2.40. The van der Waals surface area contributed by atoms with Crippen LogP contribution in [0.5, 0.6) is 5.75 Å². The lowest BCUT2D eigenvalue weighted by atomic mass is 9.95. The molecule has 3 heterocycles. The Labute approximate surface area is 187 Å². The van der Waals surface area contributed by atoms with Gasteiger partial charge in [0.1, 0.15) is 11.5 Å². The first kappa shape index (κ1) is 22.0. The molecule has 1 aromatic carbocycles. The largest absolute Gasteiger partial charge is 0.507 e. The Morgan fingerprint density at radius 3 is 2.62 bits per heavy atom. The van der Waals surface area contributed by atoms with Crippen LogP contribution in [0.3, 0.4) is 0 Å². The van der Waals surface area contributed by atoms with E-state index in [9.17, 15) is 14.7 Å². The van der Waals surface area contributed by atoms with E-state index in [1.54, 1.807) is 42.7 Å². The van der Waals surface area contributed by atoms with Gasteiger partial charge in [-0.3, -0.25) is 14.6 Å². The summed E-state index contributed by atoms with van der Waals surface area (Å²) in [4.78, 5) is 31.7. The van der Waals surface area contributed by atoms with Crippen molar-refractivity contribution >= 4 is 17.4 Å². The average molecular weight is 437 g/mol. The molecule has 1 N–H and O–H groups in total. The maximum Gasteiger partial charge on any atom is 0.295 e. The maximum atomic E-state index is 13.1. The molecule has 0 spiro atoms. The molecule has 168 valence electrons. The molecular weight excluding hydrogens is 408 g/mol. The Hall–Kier alpha value is -3.19. The normalized spacial score (nSPS) is 22.7. The molecular formula is C25H28N2O5. The highest BCUT2D eigenvalue weighted by atomic mass is 16.5. The van der Waals surface area contributed by atoms with Crippen LogP contribution in [-0.2, 0) is 14.3 Å². The number of likely N-dealkylation sites (tertiary alicyclic amines) is 1. The predicted octanol–water partition coefficient (Wildman–Crippen LogP) is 3.78. The number of pyridine rings is 1. The van der Waals surface area contributed by atoms with Crippen LogP contribution < -0.4 is 4.74 Å². The highest BCUT2D eigenvalue weighted by molar-refractivity contribution is 6.46. The topological polar surface area (TPSA) is 89.0 Å². The van der Waals surface area contributed by atoms with Crippen LogP contribution in [0.1, 0.15) is 49.4 Å². The number of carbonyl (C=O) groups is 2. The number of ketones is 1. The molecule has 2 aromatic rings. The number of benzene rings is 1. The number of nitrogens with zero attached hydrogens (tertiary/aromatic N) is 2. The minimum absolute atomic E-state index is 0.0166. The summed E-state index contributed by atoms with van der Waals surface area (Å²) in [6, 6.07) is 8.07. The van der Waals surface area contributed by atoms with Crippen molar-refractivity contribution in [2.24, 2.45) is 0 Å². The number of rotatable bonds is 6. The third kappa shape index (κ3) is 4.25.